The van der Waals surface area contributed by atoms with Crippen LogP contribution in [0.3, 0.4) is 0 Å². The van der Waals surface area contributed by atoms with Gasteiger partial charge in [-0.05, 0) is 56.9 Å². The molecule has 0 unspecified atom stereocenters. The summed E-state index contributed by atoms with van der Waals surface area (Å²) >= 11 is 0. The molecular weight excluding hydrogens is 364 g/mol. The van der Waals surface area contributed by atoms with E-state index in [-0.39, 0.29) is 5.91 Å². The Morgan fingerprint density at radius 3 is 2.45 bits per heavy atom. The molecule has 4 rings (SSSR count). The highest BCUT2D eigenvalue weighted by molar-refractivity contribution is 6.05. The number of carbonyl (C=O) groups is 2. The summed E-state index contributed by atoms with van der Waals surface area (Å²) in [4.78, 5) is 30.2. The van der Waals surface area contributed by atoms with E-state index in [0.29, 0.717) is 11.5 Å². The first kappa shape index (κ1) is 19.1. The van der Waals surface area contributed by atoms with E-state index in [1.807, 2.05) is 62.4 Å². The Morgan fingerprint density at radius 2 is 1.76 bits per heavy atom. The zero-order valence-corrected chi connectivity index (χ0v) is 16.9. The van der Waals surface area contributed by atoms with Crippen molar-refractivity contribution in [3.05, 3.63) is 70.9 Å². The van der Waals surface area contributed by atoms with E-state index >= 15 is 0 Å². The lowest BCUT2D eigenvalue weighted by Crippen LogP contribution is -2.30. The number of amides is 1. The zero-order chi connectivity index (χ0) is 20.5. The largest absolute Gasteiger partial charge is 0.449 e. The van der Waals surface area contributed by atoms with Gasteiger partial charge < -0.3 is 10.1 Å². The van der Waals surface area contributed by atoms with Crippen LogP contribution >= 0.6 is 0 Å². The fourth-order valence-electron chi connectivity index (χ4n) is 3.47. The smallest absolute Gasteiger partial charge is 0.339 e. The third kappa shape index (κ3) is 3.99. The molecule has 0 radical (unpaired) electrons. The van der Waals surface area contributed by atoms with Gasteiger partial charge in [0.25, 0.3) is 5.91 Å². The molecule has 29 heavy (non-hydrogen) atoms. The van der Waals surface area contributed by atoms with Crippen LogP contribution in [0.2, 0.25) is 0 Å². The highest BCUT2D eigenvalue weighted by Crippen LogP contribution is 2.40. The summed E-state index contributed by atoms with van der Waals surface area (Å²) in [6.07, 6.45) is 1.26. The Hall–Kier alpha value is -3.21. The highest BCUT2D eigenvalue weighted by Gasteiger charge is 2.28. The fourth-order valence-corrected chi connectivity index (χ4v) is 3.47. The lowest BCUT2D eigenvalue weighted by Gasteiger charge is -2.17. The molecule has 1 heterocycles. The Morgan fingerprint density at radius 1 is 1.07 bits per heavy atom. The summed E-state index contributed by atoms with van der Waals surface area (Å²) in [5.74, 6) is -0.443. The number of anilines is 1. The number of benzene rings is 2. The van der Waals surface area contributed by atoms with E-state index in [0.717, 1.165) is 46.3 Å². The van der Waals surface area contributed by atoms with Crippen LogP contribution < -0.4 is 5.32 Å². The molecule has 1 atom stereocenters. The van der Waals surface area contributed by atoms with Crippen LogP contribution in [0.25, 0.3) is 10.9 Å². The molecule has 1 N–H and O–H groups in total. The van der Waals surface area contributed by atoms with Crippen molar-refractivity contribution in [3.8, 4) is 0 Å². The van der Waals surface area contributed by atoms with Crippen molar-refractivity contribution in [2.75, 3.05) is 5.32 Å². The molecule has 0 bridgehead atoms. The number of para-hydroxylation sites is 2. The van der Waals surface area contributed by atoms with Crippen LogP contribution in [0.1, 0.15) is 52.9 Å². The van der Waals surface area contributed by atoms with Crippen molar-refractivity contribution in [2.24, 2.45) is 0 Å². The number of hydrogen-bond donors (Lipinski definition) is 1. The monoisotopic (exact) mass is 388 g/mol. The second-order valence-electron chi connectivity index (χ2n) is 7.69. The van der Waals surface area contributed by atoms with Crippen LogP contribution in [0.4, 0.5) is 5.69 Å². The van der Waals surface area contributed by atoms with Crippen molar-refractivity contribution >= 4 is 28.5 Å². The van der Waals surface area contributed by atoms with E-state index in [1.54, 1.807) is 6.92 Å². The predicted octanol–water partition coefficient (Wildman–Crippen LogP) is 4.91. The third-order valence-electron chi connectivity index (χ3n) is 5.33. The van der Waals surface area contributed by atoms with Gasteiger partial charge in [0.1, 0.15) is 0 Å². The molecule has 1 fully saturated rings. The summed E-state index contributed by atoms with van der Waals surface area (Å²) < 4.78 is 5.53. The predicted molar refractivity (Wildman–Crippen MR) is 113 cm³/mol. The first-order valence-corrected chi connectivity index (χ1v) is 9.92. The Labute approximate surface area is 170 Å². The molecule has 5 nitrogen and oxygen atoms in total. The van der Waals surface area contributed by atoms with Gasteiger partial charge >= 0.3 is 5.97 Å². The highest BCUT2D eigenvalue weighted by atomic mass is 16.5. The van der Waals surface area contributed by atoms with Crippen LogP contribution in [0.15, 0.2) is 48.5 Å². The molecule has 1 aliphatic rings. The topological polar surface area (TPSA) is 68.3 Å². The number of aryl methyl sites for hydroxylation is 2. The maximum Gasteiger partial charge on any atom is 0.339 e. The molecule has 0 aliphatic heterocycles. The van der Waals surface area contributed by atoms with Crippen LogP contribution in [-0.4, -0.2) is 23.0 Å². The minimum absolute atomic E-state index is 0.350. The maximum atomic E-state index is 12.9. The first-order valence-electron chi connectivity index (χ1n) is 9.92. The van der Waals surface area contributed by atoms with Crippen LogP contribution in [0, 0.1) is 13.8 Å². The molecule has 1 aliphatic carbocycles. The number of nitrogens with one attached hydrogen (secondary N) is 1. The Bertz CT molecular complexity index is 1080. The van der Waals surface area contributed by atoms with Crippen molar-refractivity contribution in [2.45, 2.75) is 45.6 Å². The van der Waals surface area contributed by atoms with Crippen LogP contribution in [-0.2, 0) is 9.53 Å². The number of aromatic nitrogens is 1. The summed E-state index contributed by atoms with van der Waals surface area (Å²) in [6, 6.07) is 15.2. The molecule has 148 valence electrons. The molecule has 1 saturated carbocycles. The van der Waals surface area contributed by atoms with Gasteiger partial charge in [0.2, 0.25) is 0 Å². The van der Waals surface area contributed by atoms with Gasteiger partial charge in [-0.1, -0.05) is 36.4 Å². The SMILES string of the molecule is Cc1cccc(C)c1NC(=O)[C@@H](C)OC(=O)c1cc(C2CC2)nc2ccccc12. The van der Waals surface area contributed by atoms with Gasteiger partial charge in [0.15, 0.2) is 6.10 Å². The molecule has 0 spiro atoms. The van der Waals surface area contributed by atoms with Gasteiger partial charge in [0.05, 0.1) is 11.1 Å². The standard InChI is InChI=1S/C24H24N2O3/c1-14-7-6-8-15(2)22(14)26-23(27)16(3)29-24(28)19-13-21(17-11-12-17)25-20-10-5-4-9-18(19)20/h4-10,13,16-17H,11-12H2,1-3H3,(H,26,27)/t16-/m1/s1. The number of fused-ring (bicyclic) bond motifs is 1. The van der Waals surface area contributed by atoms with Crippen molar-refractivity contribution in [1.82, 2.24) is 4.98 Å². The summed E-state index contributed by atoms with van der Waals surface area (Å²) in [5.41, 5.74) is 4.84. The van der Waals surface area contributed by atoms with E-state index in [9.17, 15) is 9.59 Å². The van der Waals surface area contributed by atoms with Gasteiger partial charge in [-0.2, -0.15) is 0 Å². The Balaban J connectivity index is 1.55. The molecule has 0 saturated heterocycles. The molecule has 2 aromatic carbocycles. The number of hydrogen-bond acceptors (Lipinski definition) is 4. The zero-order valence-electron chi connectivity index (χ0n) is 16.9. The number of ether oxygens (including phenoxy) is 1. The molecule has 5 heteroatoms. The molecule has 1 aromatic heterocycles. The lowest BCUT2D eigenvalue weighted by molar-refractivity contribution is -0.123. The van der Waals surface area contributed by atoms with Crippen molar-refractivity contribution in [3.63, 3.8) is 0 Å². The van der Waals surface area contributed by atoms with Gasteiger partial charge in [-0.25, -0.2) is 4.79 Å². The van der Waals surface area contributed by atoms with E-state index in [4.69, 9.17) is 4.74 Å². The minimum Gasteiger partial charge on any atom is -0.449 e. The number of pyridine rings is 1. The van der Waals surface area contributed by atoms with Gasteiger partial charge in [-0.3, -0.25) is 9.78 Å². The average Bonchev–Trinajstić information content (AvgIpc) is 3.55. The number of nitrogens with zero attached hydrogens (tertiary/aromatic N) is 1. The van der Waals surface area contributed by atoms with Crippen molar-refractivity contribution < 1.29 is 14.3 Å². The quantitative estimate of drug-likeness (QED) is 0.631. The first-order chi connectivity index (χ1) is 13.9. The number of esters is 1. The van der Waals surface area contributed by atoms with E-state index < -0.39 is 12.1 Å². The maximum absolute atomic E-state index is 12.9. The van der Waals surface area contributed by atoms with E-state index in [1.165, 1.54) is 0 Å². The summed E-state index contributed by atoms with van der Waals surface area (Å²) in [7, 11) is 0. The molecular formula is C24H24N2O3. The average molecular weight is 388 g/mol. The van der Waals surface area contributed by atoms with Gasteiger partial charge in [-0.15, -0.1) is 0 Å². The Kier molecular flexibility index (Phi) is 5.05. The normalized spacial score (nSPS) is 14.4. The second-order valence-corrected chi connectivity index (χ2v) is 7.69. The number of rotatable bonds is 5. The second kappa shape index (κ2) is 7.66. The van der Waals surface area contributed by atoms with Gasteiger partial charge in [0, 0.05) is 22.7 Å². The number of carbonyl (C=O) groups excluding carboxylic acids is 2. The molecule has 3 aromatic rings. The van der Waals surface area contributed by atoms with E-state index in [2.05, 4.69) is 10.3 Å². The van der Waals surface area contributed by atoms with Crippen LogP contribution in [0.5, 0.6) is 0 Å². The lowest BCUT2D eigenvalue weighted by atomic mass is 10.1. The molecule has 1 amide bonds. The third-order valence-corrected chi connectivity index (χ3v) is 5.33. The fraction of sp³-hybridized carbons (Fsp3) is 0.292. The summed E-state index contributed by atoms with van der Waals surface area (Å²) in [6.45, 7) is 5.45. The van der Waals surface area contributed by atoms with Crippen molar-refractivity contribution in [1.29, 1.82) is 0 Å². The minimum atomic E-state index is -0.919. The summed E-state index contributed by atoms with van der Waals surface area (Å²) in [5, 5.41) is 3.62.